The molecule has 2 aromatic rings. The van der Waals surface area contributed by atoms with Crippen LogP contribution in [0.2, 0.25) is 0 Å². The third-order valence-electron chi connectivity index (χ3n) is 3.89. The molecule has 0 aliphatic heterocycles. The summed E-state index contributed by atoms with van der Waals surface area (Å²) in [5.41, 5.74) is 7.05. The van der Waals surface area contributed by atoms with Gasteiger partial charge in [0.2, 0.25) is 5.91 Å². The predicted molar refractivity (Wildman–Crippen MR) is 95.4 cm³/mol. The summed E-state index contributed by atoms with van der Waals surface area (Å²) < 4.78 is 0. The fourth-order valence-corrected chi connectivity index (χ4v) is 4.79. The Hall–Kier alpha value is -1.93. The van der Waals surface area contributed by atoms with Crippen LogP contribution in [0.15, 0.2) is 23.6 Å². The van der Waals surface area contributed by atoms with Crippen LogP contribution in [0.3, 0.4) is 0 Å². The van der Waals surface area contributed by atoms with Crippen LogP contribution in [0.5, 0.6) is 0 Å². The zero-order valence-electron chi connectivity index (χ0n) is 13.2. The average molecular weight is 362 g/mol. The zero-order valence-corrected chi connectivity index (χ0v) is 14.9. The van der Waals surface area contributed by atoms with E-state index in [1.54, 1.807) is 18.5 Å². The second-order valence-electron chi connectivity index (χ2n) is 5.79. The van der Waals surface area contributed by atoms with Crippen molar-refractivity contribution in [2.45, 2.75) is 31.3 Å². The van der Waals surface area contributed by atoms with Gasteiger partial charge in [0.15, 0.2) is 5.16 Å². The van der Waals surface area contributed by atoms with Crippen molar-refractivity contribution in [2.75, 3.05) is 11.1 Å². The number of nitrogens with one attached hydrogen (secondary N) is 1. The molecule has 1 unspecified atom stereocenters. The molecule has 0 spiro atoms. The Balaban J connectivity index is 1.72. The number of carbonyl (C=O) groups excluding carboxylic acids is 2. The Morgan fingerprint density at radius 3 is 2.88 bits per heavy atom. The van der Waals surface area contributed by atoms with E-state index in [2.05, 4.69) is 22.2 Å². The van der Waals surface area contributed by atoms with Crippen molar-refractivity contribution in [1.29, 1.82) is 0 Å². The summed E-state index contributed by atoms with van der Waals surface area (Å²) in [7, 11) is 0. The van der Waals surface area contributed by atoms with Crippen molar-refractivity contribution in [1.82, 2.24) is 9.97 Å². The molecule has 3 N–H and O–H groups in total. The summed E-state index contributed by atoms with van der Waals surface area (Å²) in [6, 6.07) is 1.72. The Kier molecular flexibility index (Phi) is 5.15. The fraction of sp³-hybridized carbons (Fsp3) is 0.375. The molecule has 0 bridgehead atoms. The molecule has 1 aliphatic rings. The van der Waals surface area contributed by atoms with Crippen molar-refractivity contribution < 1.29 is 9.59 Å². The molecule has 2 amide bonds. The number of thioether (sulfide) groups is 1. The molecule has 6 nitrogen and oxygen atoms in total. The molecule has 126 valence electrons. The zero-order chi connectivity index (χ0) is 17.1. The number of nitrogens with zero attached hydrogens (tertiary/aromatic N) is 2. The minimum absolute atomic E-state index is 0.182. The van der Waals surface area contributed by atoms with E-state index < -0.39 is 5.91 Å². The molecule has 8 heteroatoms. The minimum atomic E-state index is -0.476. The lowest BCUT2D eigenvalue weighted by Gasteiger charge is -2.18. The van der Waals surface area contributed by atoms with Crippen molar-refractivity contribution >= 4 is 39.9 Å². The van der Waals surface area contributed by atoms with E-state index in [1.807, 2.05) is 0 Å². The van der Waals surface area contributed by atoms with E-state index in [0.29, 0.717) is 21.6 Å². The van der Waals surface area contributed by atoms with Crippen LogP contribution < -0.4 is 11.1 Å². The number of hydrogen-bond acceptors (Lipinski definition) is 6. The number of hydrogen-bond donors (Lipinski definition) is 2. The second kappa shape index (κ2) is 7.31. The molecule has 0 fully saturated rings. The van der Waals surface area contributed by atoms with Gasteiger partial charge in [-0.3, -0.25) is 9.59 Å². The molecule has 24 heavy (non-hydrogen) atoms. The van der Waals surface area contributed by atoms with Crippen molar-refractivity contribution in [3.63, 3.8) is 0 Å². The molecule has 0 aromatic carbocycles. The predicted octanol–water partition coefficient (Wildman–Crippen LogP) is 2.49. The molecule has 2 heterocycles. The molecule has 2 aromatic heterocycles. The Labute approximate surface area is 148 Å². The third-order valence-corrected chi connectivity index (χ3v) is 5.93. The lowest BCUT2D eigenvalue weighted by molar-refractivity contribution is -0.113. The smallest absolute Gasteiger partial charge is 0.251 e. The first-order chi connectivity index (χ1) is 11.5. The average Bonchev–Trinajstić information content (AvgIpc) is 2.90. The van der Waals surface area contributed by atoms with Gasteiger partial charge in [0, 0.05) is 17.3 Å². The fourth-order valence-electron chi connectivity index (χ4n) is 2.75. The maximum Gasteiger partial charge on any atom is 0.251 e. The van der Waals surface area contributed by atoms with E-state index in [-0.39, 0.29) is 11.7 Å². The highest BCUT2D eigenvalue weighted by atomic mass is 32.2. The van der Waals surface area contributed by atoms with E-state index >= 15 is 0 Å². The molecule has 0 radical (unpaired) electrons. The summed E-state index contributed by atoms with van der Waals surface area (Å²) in [5, 5.41) is 3.95. The van der Waals surface area contributed by atoms with E-state index in [0.717, 1.165) is 29.7 Å². The number of fused-ring (bicyclic) bond motifs is 1. The quantitative estimate of drug-likeness (QED) is 0.629. The van der Waals surface area contributed by atoms with Gasteiger partial charge in [-0.25, -0.2) is 9.97 Å². The monoisotopic (exact) mass is 362 g/mol. The summed E-state index contributed by atoms with van der Waals surface area (Å²) in [6.07, 6.45) is 6.08. The topological polar surface area (TPSA) is 98.0 Å². The lowest BCUT2D eigenvalue weighted by atomic mass is 9.88. The SMILES string of the molecule is CC1CCc2c(sc(NC(=O)CSc3ncccn3)c2C(N)=O)C1. The number of thiophene rings is 1. The van der Waals surface area contributed by atoms with E-state index in [9.17, 15) is 9.59 Å². The standard InChI is InChI=1S/C16H18N4O2S2/c1-9-3-4-10-11(7-9)24-15(13(10)14(17)22)20-12(21)8-23-16-18-5-2-6-19-16/h2,5-6,9H,3-4,7-8H2,1H3,(H2,17,22)(H,20,21). The first kappa shape index (κ1) is 16.9. The highest BCUT2D eigenvalue weighted by molar-refractivity contribution is 7.99. The highest BCUT2D eigenvalue weighted by Crippen LogP contribution is 2.39. The van der Waals surface area contributed by atoms with Crippen LogP contribution in [-0.4, -0.2) is 27.5 Å². The summed E-state index contributed by atoms with van der Waals surface area (Å²) in [4.78, 5) is 33.3. The largest absolute Gasteiger partial charge is 0.365 e. The summed E-state index contributed by atoms with van der Waals surface area (Å²) in [5.74, 6) is 0.102. The van der Waals surface area contributed by atoms with Gasteiger partial charge >= 0.3 is 0 Å². The Bertz CT molecular complexity index is 761. The van der Waals surface area contributed by atoms with Gasteiger partial charge in [0.1, 0.15) is 5.00 Å². The van der Waals surface area contributed by atoms with Crippen LogP contribution in [-0.2, 0) is 17.6 Å². The van der Waals surface area contributed by atoms with Crippen LogP contribution in [0.4, 0.5) is 5.00 Å². The highest BCUT2D eigenvalue weighted by Gasteiger charge is 2.27. The summed E-state index contributed by atoms with van der Waals surface area (Å²) in [6.45, 7) is 2.20. The first-order valence-electron chi connectivity index (χ1n) is 7.68. The first-order valence-corrected chi connectivity index (χ1v) is 9.48. The lowest BCUT2D eigenvalue weighted by Crippen LogP contribution is -2.20. The van der Waals surface area contributed by atoms with Gasteiger partial charge in [-0.05, 0) is 36.8 Å². The van der Waals surface area contributed by atoms with Crippen molar-refractivity contribution in [3.05, 3.63) is 34.5 Å². The van der Waals surface area contributed by atoms with Crippen LogP contribution >= 0.6 is 23.1 Å². The number of rotatable bonds is 5. The maximum atomic E-state index is 12.2. The molecular formula is C16H18N4O2S2. The number of amides is 2. The molecule has 3 rings (SSSR count). The summed E-state index contributed by atoms with van der Waals surface area (Å²) >= 11 is 2.72. The number of anilines is 1. The van der Waals surface area contributed by atoms with Crippen LogP contribution in [0.1, 0.15) is 34.1 Å². The molecular weight excluding hydrogens is 344 g/mol. The van der Waals surface area contributed by atoms with Gasteiger partial charge in [-0.1, -0.05) is 18.7 Å². The molecule has 0 saturated carbocycles. The van der Waals surface area contributed by atoms with Crippen LogP contribution in [0.25, 0.3) is 0 Å². The van der Waals surface area contributed by atoms with Gasteiger partial charge < -0.3 is 11.1 Å². The van der Waals surface area contributed by atoms with Gasteiger partial charge in [0.25, 0.3) is 5.91 Å². The van der Waals surface area contributed by atoms with Crippen molar-refractivity contribution in [3.8, 4) is 0 Å². The Morgan fingerprint density at radius 1 is 1.42 bits per heavy atom. The third kappa shape index (κ3) is 3.76. The molecule has 1 atom stereocenters. The van der Waals surface area contributed by atoms with Gasteiger partial charge in [0.05, 0.1) is 11.3 Å². The molecule has 1 aliphatic carbocycles. The molecule has 0 saturated heterocycles. The minimum Gasteiger partial charge on any atom is -0.365 e. The van der Waals surface area contributed by atoms with E-state index in [1.165, 1.54) is 23.1 Å². The normalized spacial score (nSPS) is 16.5. The number of nitrogens with two attached hydrogens (primary N) is 1. The Morgan fingerprint density at radius 2 is 2.17 bits per heavy atom. The van der Waals surface area contributed by atoms with E-state index in [4.69, 9.17) is 5.73 Å². The number of carbonyl (C=O) groups is 2. The number of primary amides is 1. The van der Waals surface area contributed by atoms with Crippen LogP contribution in [0, 0.1) is 5.92 Å². The van der Waals surface area contributed by atoms with Crippen molar-refractivity contribution in [2.24, 2.45) is 11.7 Å². The second-order valence-corrected chi connectivity index (χ2v) is 7.84. The maximum absolute atomic E-state index is 12.2. The van der Waals surface area contributed by atoms with Gasteiger partial charge in [-0.2, -0.15) is 0 Å². The van der Waals surface area contributed by atoms with Gasteiger partial charge in [-0.15, -0.1) is 11.3 Å². The number of aromatic nitrogens is 2.